The van der Waals surface area contributed by atoms with E-state index in [4.69, 9.17) is 21.1 Å². The number of benzene rings is 2. The number of thioether (sulfide) groups is 1. The monoisotopic (exact) mass is 442 g/mol. The molecule has 3 nitrogen and oxygen atoms in total. The number of terminal acetylenes is 1. The van der Waals surface area contributed by atoms with Gasteiger partial charge in [-0.05, 0) is 48.6 Å². The number of fused-ring (bicyclic) bond motifs is 1. The van der Waals surface area contributed by atoms with Gasteiger partial charge >= 0.3 is 0 Å². The van der Waals surface area contributed by atoms with E-state index in [-0.39, 0.29) is 6.61 Å². The molecule has 0 N–H and O–H groups in total. The molecular formula is C28H30N2OS. The number of aromatic nitrogens is 2. The molecule has 0 atom stereocenters. The topological polar surface area (TPSA) is 35.0 Å². The molecule has 32 heavy (non-hydrogen) atoms. The first-order valence-corrected chi connectivity index (χ1v) is 12.0. The van der Waals surface area contributed by atoms with Crippen molar-refractivity contribution in [3.8, 4) is 29.4 Å². The second-order valence-electron chi connectivity index (χ2n) is 7.77. The fourth-order valence-electron chi connectivity index (χ4n) is 3.26. The van der Waals surface area contributed by atoms with Gasteiger partial charge in [0.25, 0.3) is 0 Å². The molecule has 0 aliphatic carbocycles. The first kappa shape index (κ1) is 23.6. The van der Waals surface area contributed by atoms with Crippen molar-refractivity contribution in [1.29, 1.82) is 0 Å². The van der Waals surface area contributed by atoms with E-state index in [1.54, 1.807) is 11.8 Å². The molecule has 164 valence electrons. The number of hydrogen-bond acceptors (Lipinski definition) is 4. The molecule has 0 bridgehead atoms. The number of rotatable bonds is 9. The summed E-state index contributed by atoms with van der Waals surface area (Å²) in [6, 6.07) is 14.5. The molecular weight excluding hydrogens is 412 g/mol. The molecule has 0 saturated carbocycles. The van der Waals surface area contributed by atoms with Crippen LogP contribution >= 0.6 is 11.8 Å². The lowest BCUT2D eigenvalue weighted by Crippen LogP contribution is -1.98. The maximum absolute atomic E-state index is 5.65. The molecule has 0 unspecified atom stereocenters. The largest absolute Gasteiger partial charge is 0.481 e. The van der Waals surface area contributed by atoms with E-state index >= 15 is 0 Å². The van der Waals surface area contributed by atoms with Gasteiger partial charge in [-0.2, -0.15) is 0 Å². The zero-order valence-electron chi connectivity index (χ0n) is 19.3. The smallest absolute Gasteiger partial charge is 0.189 e. The molecule has 3 aromatic rings. The Hall–Kier alpha value is -3.03. The molecule has 3 rings (SSSR count). The fourth-order valence-corrected chi connectivity index (χ4v) is 4.13. The number of nitrogens with zero attached hydrogens (tertiary/aromatic N) is 2. The van der Waals surface area contributed by atoms with Crippen molar-refractivity contribution >= 4 is 22.7 Å². The summed E-state index contributed by atoms with van der Waals surface area (Å²) in [6.45, 7) is 8.84. The van der Waals surface area contributed by atoms with E-state index in [9.17, 15) is 0 Å². The molecule has 2 aromatic carbocycles. The lowest BCUT2D eigenvalue weighted by molar-refractivity contribution is 0.371. The minimum absolute atomic E-state index is 0.232. The maximum atomic E-state index is 5.65. The van der Waals surface area contributed by atoms with Gasteiger partial charge in [0.15, 0.2) is 5.16 Å². The lowest BCUT2D eigenvalue weighted by atomic mass is 9.99. The van der Waals surface area contributed by atoms with Crippen LogP contribution in [0.1, 0.15) is 45.6 Å². The van der Waals surface area contributed by atoms with Crippen LogP contribution in [-0.2, 0) is 0 Å². The standard InChI is InChI=1S/C28H30N2OS/c1-6-9-10-21(8-3)19-32-28-29-26-16-15-24(31-17-7-2)18-25(26)27(30-28)23-13-11-22(12-14-23)20(4)5/h2,8-16,18,20H,6,17,19H2,1,3-5H3/b10-9-,21-8+. The van der Waals surface area contributed by atoms with Crippen LogP contribution in [0, 0.1) is 12.3 Å². The van der Waals surface area contributed by atoms with Gasteiger partial charge < -0.3 is 4.74 Å². The summed E-state index contributed by atoms with van der Waals surface area (Å²) in [5.74, 6) is 4.55. The van der Waals surface area contributed by atoms with Crippen LogP contribution in [0.4, 0.5) is 0 Å². The number of allylic oxidation sites excluding steroid dienone is 3. The number of hydrogen-bond donors (Lipinski definition) is 0. The van der Waals surface area contributed by atoms with Crippen molar-refractivity contribution in [2.24, 2.45) is 0 Å². The van der Waals surface area contributed by atoms with Gasteiger partial charge in [-0.3, -0.25) is 0 Å². The van der Waals surface area contributed by atoms with E-state index in [0.29, 0.717) is 5.92 Å². The molecule has 0 saturated heterocycles. The second kappa shape index (κ2) is 11.5. The van der Waals surface area contributed by atoms with Crippen LogP contribution in [0.3, 0.4) is 0 Å². The lowest BCUT2D eigenvalue weighted by Gasteiger charge is -2.12. The molecule has 1 aromatic heterocycles. The van der Waals surface area contributed by atoms with E-state index in [1.165, 1.54) is 11.1 Å². The quantitative estimate of drug-likeness (QED) is 0.149. The van der Waals surface area contributed by atoms with Crippen molar-refractivity contribution in [3.63, 3.8) is 0 Å². The second-order valence-corrected chi connectivity index (χ2v) is 8.71. The van der Waals surface area contributed by atoms with Crippen LogP contribution in [0.5, 0.6) is 5.75 Å². The van der Waals surface area contributed by atoms with E-state index in [2.05, 4.69) is 76.1 Å². The highest BCUT2D eigenvalue weighted by Gasteiger charge is 2.13. The molecule has 0 radical (unpaired) electrons. The van der Waals surface area contributed by atoms with Gasteiger partial charge in [-0.15, -0.1) is 6.42 Å². The van der Waals surface area contributed by atoms with Crippen molar-refractivity contribution in [1.82, 2.24) is 9.97 Å². The van der Waals surface area contributed by atoms with Gasteiger partial charge in [0.05, 0.1) is 11.2 Å². The zero-order chi connectivity index (χ0) is 22.9. The highest BCUT2D eigenvalue weighted by atomic mass is 32.2. The van der Waals surface area contributed by atoms with Gasteiger partial charge in [-0.1, -0.05) is 80.9 Å². The van der Waals surface area contributed by atoms with Crippen LogP contribution in [0.15, 0.2) is 71.4 Å². The zero-order valence-corrected chi connectivity index (χ0v) is 20.1. The average Bonchev–Trinajstić information content (AvgIpc) is 2.82. The van der Waals surface area contributed by atoms with Gasteiger partial charge in [0.2, 0.25) is 0 Å². The first-order chi connectivity index (χ1) is 15.5. The molecule has 0 aliphatic rings. The molecule has 0 fully saturated rings. The van der Waals surface area contributed by atoms with Crippen LogP contribution in [-0.4, -0.2) is 22.3 Å². The summed E-state index contributed by atoms with van der Waals surface area (Å²) < 4.78 is 5.65. The Bertz CT molecular complexity index is 1150. The first-order valence-electron chi connectivity index (χ1n) is 11.0. The summed E-state index contributed by atoms with van der Waals surface area (Å²) in [6.07, 6.45) is 12.9. The summed E-state index contributed by atoms with van der Waals surface area (Å²) in [5.41, 5.74) is 5.44. The highest BCUT2D eigenvalue weighted by Crippen LogP contribution is 2.32. The van der Waals surface area contributed by atoms with E-state index < -0.39 is 0 Å². The third-order valence-corrected chi connectivity index (χ3v) is 6.04. The van der Waals surface area contributed by atoms with Crippen LogP contribution in [0.2, 0.25) is 0 Å². The highest BCUT2D eigenvalue weighted by molar-refractivity contribution is 7.99. The summed E-state index contributed by atoms with van der Waals surface area (Å²) >= 11 is 1.65. The molecule has 0 spiro atoms. The fraction of sp³-hybridized carbons (Fsp3) is 0.286. The Morgan fingerprint density at radius 2 is 1.94 bits per heavy atom. The third-order valence-electron chi connectivity index (χ3n) is 5.13. The molecule has 1 heterocycles. The van der Waals surface area contributed by atoms with Gasteiger partial charge in [-0.25, -0.2) is 9.97 Å². The van der Waals surface area contributed by atoms with E-state index in [1.807, 2.05) is 18.2 Å². The summed E-state index contributed by atoms with van der Waals surface area (Å²) in [5, 5.41) is 1.72. The van der Waals surface area contributed by atoms with Crippen LogP contribution < -0.4 is 4.74 Å². The minimum Gasteiger partial charge on any atom is -0.481 e. The maximum Gasteiger partial charge on any atom is 0.189 e. The molecule has 4 heteroatoms. The Kier molecular flexibility index (Phi) is 8.53. The Morgan fingerprint density at radius 1 is 1.16 bits per heavy atom. The van der Waals surface area contributed by atoms with Crippen molar-refractivity contribution < 1.29 is 4.74 Å². The average molecular weight is 443 g/mol. The van der Waals surface area contributed by atoms with Crippen molar-refractivity contribution in [2.45, 2.75) is 45.2 Å². The van der Waals surface area contributed by atoms with Gasteiger partial charge in [0, 0.05) is 16.7 Å². The normalized spacial score (nSPS) is 11.9. The predicted octanol–water partition coefficient (Wildman–Crippen LogP) is 7.44. The Balaban J connectivity index is 2.03. The Morgan fingerprint density at radius 3 is 2.59 bits per heavy atom. The number of ether oxygens (including phenoxy) is 1. The van der Waals surface area contributed by atoms with Crippen molar-refractivity contribution in [2.75, 3.05) is 12.4 Å². The Labute approximate surface area is 196 Å². The van der Waals surface area contributed by atoms with Gasteiger partial charge in [0.1, 0.15) is 12.4 Å². The summed E-state index contributed by atoms with van der Waals surface area (Å²) in [4.78, 5) is 9.78. The van der Waals surface area contributed by atoms with Crippen LogP contribution in [0.25, 0.3) is 22.2 Å². The molecule has 0 aliphatic heterocycles. The summed E-state index contributed by atoms with van der Waals surface area (Å²) in [7, 11) is 0. The third kappa shape index (κ3) is 6.02. The van der Waals surface area contributed by atoms with Crippen molar-refractivity contribution in [3.05, 3.63) is 71.8 Å². The SMILES string of the molecule is C#CCOc1ccc2nc(SCC(/C=C\CC)=C/C)nc(-c3ccc(C(C)C)cc3)c2c1. The predicted molar refractivity (Wildman–Crippen MR) is 137 cm³/mol. The molecule has 0 amide bonds. The van der Waals surface area contributed by atoms with E-state index in [0.717, 1.165) is 45.2 Å². The minimum atomic E-state index is 0.232.